The van der Waals surface area contributed by atoms with Crippen molar-refractivity contribution in [2.75, 3.05) is 0 Å². The summed E-state index contributed by atoms with van der Waals surface area (Å²) in [6, 6.07) is 13.1. The third-order valence-electron chi connectivity index (χ3n) is 4.33. The number of hydrogen-bond donors (Lipinski definition) is 0. The zero-order valence-corrected chi connectivity index (χ0v) is 14.2. The molecule has 0 saturated carbocycles. The molecule has 0 fully saturated rings. The van der Waals surface area contributed by atoms with Gasteiger partial charge in [0, 0.05) is 31.5 Å². The van der Waals surface area contributed by atoms with Crippen molar-refractivity contribution in [2.45, 2.75) is 39.4 Å². The topological polar surface area (TPSA) is 46.8 Å². The first-order chi connectivity index (χ1) is 11.8. The molecule has 5 nitrogen and oxygen atoms in total. The molecular weight excluding hydrogens is 298 g/mol. The van der Waals surface area contributed by atoms with Crippen molar-refractivity contribution in [3.05, 3.63) is 72.6 Å². The highest BCUT2D eigenvalue weighted by molar-refractivity contribution is 5.33. The summed E-state index contributed by atoms with van der Waals surface area (Å²) in [4.78, 5) is 10.7. The molecule has 0 radical (unpaired) electrons. The lowest BCUT2D eigenvalue weighted by Gasteiger charge is -2.28. The summed E-state index contributed by atoms with van der Waals surface area (Å²) in [5.41, 5.74) is 3.57. The van der Waals surface area contributed by atoms with Crippen molar-refractivity contribution >= 4 is 0 Å². The van der Waals surface area contributed by atoms with Gasteiger partial charge in [-0.2, -0.15) is 5.10 Å². The van der Waals surface area contributed by atoms with Gasteiger partial charge in [0.2, 0.25) is 0 Å². The third kappa shape index (κ3) is 4.06. The summed E-state index contributed by atoms with van der Waals surface area (Å²) >= 11 is 0. The van der Waals surface area contributed by atoms with E-state index in [0.717, 1.165) is 25.2 Å². The van der Waals surface area contributed by atoms with Crippen molar-refractivity contribution in [3.8, 4) is 5.69 Å². The first-order valence-corrected chi connectivity index (χ1v) is 8.33. The predicted octanol–water partition coefficient (Wildman–Crippen LogP) is 3.46. The number of benzene rings is 1. The molecule has 0 amide bonds. The Hall–Kier alpha value is -2.53. The second-order valence-electron chi connectivity index (χ2n) is 6.03. The van der Waals surface area contributed by atoms with Crippen LogP contribution in [0.15, 0.2) is 61.4 Å². The lowest BCUT2D eigenvalue weighted by molar-refractivity contribution is 0.186. The molecule has 0 bridgehead atoms. The summed E-state index contributed by atoms with van der Waals surface area (Å²) in [6.45, 7) is 6.34. The number of rotatable bonds is 7. The Morgan fingerprint density at radius 1 is 1.04 bits per heavy atom. The maximum atomic E-state index is 4.23. The molecule has 0 aliphatic rings. The van der Waals surface area contributed by atoms with E-state index in [1.807, 2.05) is 18.5 Å². The minimum Gasteiger partial charge on any atom is -0.292 e. The van der Waals surface area contributed by atoms with Gasteiger partial charge in [0.15, 0.2) is 0 Å². The summed E-state index contributed by atoms with van der Waals surface area (Å²) in [7, 11) is 0. The zero-order valence-electron chi connectivity index (χ0n) is 14.2. The normalized spacial score (nSPS) is 12.5. The Bertz CT molecular complexity index is 722. The second kappa shape index (κ2) is 7.84. The van der Waals surface area contributed by atoms with Gasteiger partial charge in [-0.25, -0.2) is 9.67 Å². The Morgan fingerprint density at radius 3 is 2.46 bits per heavy atom. The molecule has 24 heavy (non-hydrogen) atoms. The van der Waals surface area contributed by atoms with Crippen LogP contribution in [0.4, 0.5) is 0 Å². The van der Waals surface area contributed by atoms with E-state index in [1.54, 1.807) is 17.3 Å². The van der Waals surface area contributed by atoms with E-state index < -0.39 is 0 Å². The summed E-state index contributed by atoms with van der Waals surface area (Å²) < 4.78 is 1.77. The molecule has 1 unspecified atom stereocenters. The SMILES string of the molecule is CCC(C)N(Cc1ccc(-n2cncn2)cc1)Cc1cccnc1. The number of aromatic nitrogens is 4. The standard InChI is InChI=1S/C19H23N5/c1-3-16(2)23(13-18-5-4-10-20-11-18)12-17-6-8-19(9-7-17)24-15-21-14-22-24/h4-11,14-16H,3,12-13H2,1-2H3. The molecule has 5 heteroatoms. The maximum absolute atomic E-state index is 4.23. The summed E-state index contributed by atoms with van der Waals surface area (Å²) in [6.07, 6.45) is 8.15. The molecule has 1 aromatic carbocycles. The Kier molecular flexibility index (Phi) is 5.33. The van der Waals surface area contributed by atoms with Crippen molar-refractivity contribution in [2.24, 2.45) is 0 Å². The monoisotopic (exact) mass is 321 g/mol. The highest BCUT2D eigenvalue weighted by Crippen LogP contribution is 2.16. The quantitative estimate of drug-likeness (QED) is 0.668. The van der Waals surface area contributed by atoms with Crippen LogP contribution in [0.5, 0.6) is 0 Å². The van der Waals surface area contributed by atoms with E-state index in [9.17, 15) is 0 Å². The fourth-order valence-electron chi connectivity index (χ4n) is 2.68. The van der Waals surface area contributed by atoms with Crippen LogP contribution in [0.3, 0.4) is 0 Å². The molecule has 3 aromatic rings. The second-order valence-corrected chi connectivity index (χ2v) is 6.03. The molecule has 1 atom stereocenters. The first kappa shape index (κ1) is 16.3. The van der Waals surface area contributed by atoms with Crippen LogP contribution in [0.25, 0.3) is 5.69 Å². The van der Waals surface area contributed by atoms with Crippen LogP contribution in [0.1, 0.15) is 31.4 Å². The van der Waals surface area contributed by atoms with Gasteiger partial charge in [-0.3, -0.25) is 9.88 Å². The molecule has 0 saturated heterocycles. The van der Waals surface area contributed by atoms with E-state index in [1.165, 1.54) is 11.1 Å². The van der Waals surface area contributed by atoms with Gasteiger partial charge in [-0.15, -0.1) is 0 Å². The lowest BCUT2D eigenvalue weighted by atomic mass is 10.1. The minimum absolute atomic E-state index is 0.514. The third-order valence-corrected chi connectivity index (χ3v) is 4.33. The van der Waals surface area contributed by atoms with Crippen molar-refractivity contribution < 1.29 is 0 Å². The molecule has 0 N–H and O–H groups in total. The number of hydrogen-bond acceptors (Lipinski definition) is 4. The minimum atomic E-state index is 0.514. The van der Waals surface area contributed by atoms with Crippen LogP contribution >= 0.6 is 0 Å². The highest BCUT2D eigenvalue weighted by atomic mass is 15.3. The van der Waals surface area contributed by atoms with E-state index in [0.29, 0.717) is 6.04 Å². The lowest BCUT2D eigenvalue weighted by Crippen LogP contribution is -2.31. The smallest absolute Gasteiger partial charge is 0.138 e. The maximum Gasteiger partial charge on any atom is 0.138 e. The van der Waals surface area contributed by atoms with Crippen molar-refractivity contribution in [1.29, 1.82) is 0 Å². The molecule has 0 aliphatic carbocycles. The van der Waals surface area contributed by atoms with Gasteiger partial charge in [0.05, 0.1) is 5.69 Å². The van der Waals surface area contributed by atoms with Crippen LogP contribution in [0.2, 0.25) is 0 Å². The van der Waals surface area contributed by atoms with E-state index >= 15 is 0 Å². The molecular formula is C19H23N5. The Morgan fingerprint density at radius 2 is 1.83 bits per heavy atom. The average Bonchev–Trinajstić information content (AvgIpc) is 3.16. The van der Waals surface area contributed by atoms with Crippen LogP contribution in [-0.4, -0.2) is 30.7 Å². The summed E-state index contributed by atoms with van der Waals surface area (Å²) in [5, 5.41) is 4.16. The van der Waals surface area contributed by atoms with Crippen molar-refractivity contribution in [1.82, 2.24) is 24.6 Å². The number of nitrogens with zero attached hydrogens (tertiary/aromatic N) is 5. The van der Waals surface area contributed by atoms with Crippen LogP contribution in [0, 0.1) is 0 Å². The van der Waals surface area contributed by atoms with E-state index in [-0.39, 0.29) is 0 Å². The average molecular weight is 321 g/mol. The van der Waals surface area contributed by atoms with Gasteiger partial charge in [0.25, 0.3) is 0 Å². The first-order valence-electron chi connectivity index (χ1n) is 8.33. The van der Waals surface area contributed by atoms with Crippen LogP contribution < -0.4 is 0 Å². The predicted molar refractivity (Wildman–Crippen MR) is 94.6 cm³/mol. The van der Waals surface area contributed by atoms with Crippen LogP contribution in [-0.2, 0) is 13.1 Å². The molecule has 0 spiro atoms. The summed E-state index contributed by atoms with van der Waals surface area (Å²) in [5.74, 6) is 0. The molecule has 2 aromatic heterocycles. The number of pyridine rings is 1. The van der Waals surface area contributed by atoms with Gasteiger partial charge in [-0.05, 0) is 42.7 Å². The largest absolute Gasteiger partial charge is 0.292 e. The molecule has 2 heterocycles. The Labute approximate surface area is 143 Å². The van der Waals surface area contributed by atoms with Crippen molar-refractivity contribution in [3.63, 3.8) is 0 Å². The van der Waals surface area contributed by atoms with E-state index in [2.05, 4.69) is 64.1 Å². The van der Waals surface area contributed by atoms with Gasteiger partial charge in [-0.1, -0.05) is 25.1 Å². The van der Waals surface area contributed by atoms with Gasteiger partial charge in [0.1, 0.15) is 12.7 Å². The van der Waals surface area contributed by atoms with E-state index in [4.69, 9.17) is 0 Å². The Balaban J connectivity index is 1.72. The zero-order chi connectivity index (χ0) is 16.8. The molecule has 124 valence electrons. The highest BCUT2D eigenvalue weighted by Gasteiger charge is 2.13. The fourth-order valence-corrected chi connectivity index (χ4v) is 2.68. The fraction of sp³-hybridized carbons (Fsp3) is 0.316. The molecule has 3 rings (SSSR count). The van der Waals surface area contributed by atoms with Gasteiger partial charge >= 0.3 is 0 Å². The molecule has 0 aliphatic heterocycles. The van der Waals surface area contributed by atoms with Gasteiger partial charge < -0.3 is 0 Å².